The van der Waals surface area contributed by atoms with Gasteiger partial charge in [0.05, 0.1) is 4.91 Å². The lowest BCUT2D eigenvalue weighted by atomic mass is 10.2. The van der Waals surface area contributed by atoms with Crippen molar-refractivity contribution in [1.82, 2.24) is 4.90 Å². The van der Waals surface area contributed by atoms with Gasteiger partial charge in [0, 0.05) is 24.6 Å². The molecule has 0 atom stereocenters. The molecule has 0 bridgehead atoms. The molecule has 2 aromatic rings. The molecule has 1 aliphatic heterocycles. The highest BCUT2D eigenvalue weighted by Gasteiger charge is 2.31. The molecule has 1 fully saturated rings. The number of furan rings is 1. The second kappa shape index (κ2) is 7.67. The molecule has 7 heteroatoms. The number of carbonyl (C=O) groups is 2. The largest absolute Gasteiger partial charge is 0.481 e. The summed E-state index contributed by atoms with van der Waals surface area (Å²) >= 11 is 6.42. The van der Waals surface area contributed by atoms with Crippen LogP contribution in [0.15, 0.2) is 51.8 Å². The monoisotopic (exact) mass is 373 g/mol. The van der Waals surface area contributed by atoms with Crippen LogP contribution < -0.4 is 0 Å². The SMILES string of the molecule is O=C(O)CCCN1C(=O)/C(=C\c2ccc(-c3ccccc3)o2)SC1=S. The molecule has 0 radical (unpaired) electrons. The second-order valence-electron chi connectivity index (χ2n) is 5.40. The fourth-order valence-corrected chi connectivity index (χ4v) is 3.69. The van der Waals surface area contributed by atoms with Gasteiger partial charge in [-0.25, -0.2) is 0 Å². The van der Waals surface area contributed by atoms with Gasteiger partial charge >= 0.3 is 5.97 Å². The van der Waals surface area contributed by atoms with Crippen LogP contribution in [0.25, 0.3) is 17.4 Å². The molecule has 1 N–H and O–H groups in total. The lowest BCUT2D eigenvalue weighted by Crippen LogP contribution is -2.29. The summed E-state index contributed by atoms with van der Waals surface area (Å²) in [5.41, 5.74) is 0.961. The number of thiocarbonyl (C=S) groups is 1. The van der Waals surface area contributed by atoms with Crippen molar-refractivity contribution in [1.29, 1.82) is 0 Å². The van der Waals surface area contributed by atoms with Gasteiger partial charge < -0.3 is 9.52 Å². The Bertz CT molecular complexity index is 842. The number of rotatable bonds is 6. The second-order valence-corrected chi connectivity index (χ2v) is 7.07. The Morgan fingerprint density at radius 3 is 2.72 bits per heavy atom. The van der Waals surface area contributed by atoms with Crippen LogP contribution >= 0.6 is 24.0 Å². The third-order valence-corrected chi connectivity index (χ3v) is 4.98. The molecule has 1 saturated heterocycles. The minimum Gasteiger partial charge on any atom is -0.481 e. The van der Waals surface area contributed by atoms with E-state index in [2.05, 4.69) is 0 Å². The van der Waals surface area contributed by atoms with Crippen molar-refractivity contribution >= 4 is 46.3 Å². The summed E-state index contributed by atoms with van der Waals surface area (Å²) in [6, 6.07) is 13.4. The molecule has 0 aliphatic carbocycles. The van der Waals surface area contributed by atoms with E-state index in [1.54, 1.807) is 12.1 Å². The molecule has 1 aliphatic rings. The van der Waals surface area contributed by atoms with Crippen LogP contribution in [-0.2, 0) is 9.59 Å². The summed E-state index contributed by atoms with van der Waals surface area (Å²) in [6.07, 6.45) is 2.05. The molecular weight excluding hydrogens is 358 g/mol. The van der Waals surface area contributed by atoms with E-state index in [0.717, 1.165) is 11.3 Å². The number of carboxylic acid groups (broad SMARTS) is 1. The lowest BCUT2D eigenvalue weighted by Gasteiger charge is -2.13. The van der Waals surface area contributed by atoms with E-state index in [0.29, 0.717) is 28.0 Å². The number of aliphatic carboxylic acids is 1. The van der Waals surface area contributed by atoms with E-state index in [-0.39, 0.29) is 12.3 Å². The molecule has 5 nitrogen and oxygen atoms in total. The molecule has 0 spiro atoms. The van der Waals surface area contributed by atoms with E-state index in [1.807, 2.05) is 36.4 Å². The normalized spacial score (nSPS) is 16.0. The third-order valence-electron chi connectivity index (χ3n) is 3.60. The molecule has 1 aromatic heterocycles. The van der Waals surface area contributed by atoms with Crippen molar-refractivity contribution in [3.8, 4) is 11.3 Å². The Kier molecular flexibility index (Phi) is 5.35. The first kappa shape index (κ1) is 17.4. The van der Waals surface area contributed by atoms with Crippen molar-refractivity contribution in [2.45, 2.75) is 12.8 Å². The van der Waals surface area contributed by atoms with Gasteiger partial charge in [0.1, 0.15) is 15.8 Å². The number of amides is 1. The Labute approximate surface area is 154 Å². The van der Waals surface area contributed by atoms with Crippen LogP contribution in [-0.4, -0.2) is 32.7 Å². The number of thioether (sulfide) groups is 1. The predicted octanol–water partition coefficient (Wildman–Crippen LogP) is 4.01. The van der Waals surface area contributed by atoms with Crippen LogP contribution in [0.2, 0.25) is 0 Å². The molecule has 3 rings (SSSR count). The summed E-state index contributed by atoms with van der Waals surface area (Å²) in [6.45, 7) is 0.307. The fourth-order valence-electron chi connectivity index (χ4n) is 2.40. The summed E-state index contributed by atoms with van der Waals surface area (Å²) < 4.78 is 6.22. The number of benzene rings is 1. The Morgan fingerprint density at radius 2 is 2.00 bits per heavy atom. The zero-order chi connectivity index (χ0) is 17.8. The maximum atomic E-state index is 12.4. The standard InChI is InChI=1S/C18H15NO4S2/c20-16(21)7-4-10-19-17(22)15(25-18(19)24)11-13-8-9-14(23-13)12-5-2-1-3-6-12/h1-3,5-6,8-9,11H,4,7,10H2,(H,20,21)/b15-11+. The van der Waals surface area contributed by atoms with Crippen LogP contribution in [0, 0.1) is 0 Å². The Morgan fingerprint density at radius 1 is 1.24 bits per heavy atom. The van der Waals surface area contributed by atoms with Gasteiger partial charge in [-0.15, -0.1) is 0 Å². The zero-order valence-electron chi connectivity index (χ0n) is 13.2. The van der Waals surface area contributed by atoms with Crippen LogP contribution in [0.5, 0.6) is 0 Å². The van der Waals surface area contributed by atoms with Gasteiger partial charge in [-0.3, -0.25) is 14.5 Å². The van der Waals surface area contributed by atoms with E-state index in [1.165, 1.54) is 16.7 Å². The lowest BCUT2D eigenvalue weighted by molar-refractivity contribution is -0.137. The highest BCUT2D eigenvalue weighted by molar-refractivity contribution is 8.26. The molecule has 0 saturated carbocycles. The van der Waals surface area contributed by atoms with Crippen molar-refractivity contribution in [3.05, 3.63) is 53.1 Å². The maximum absolute atomic E-state index is 12.4. The van der Waals surface area contributed by atoms with Gasteiger partial charge in [0.2, 0.25) is 0 Å². The Hall–Kier alpha value is -2.38. The quantitative estimate of drug-likeness (QED) is 0.609. The van der Waals surface area contributed by atoms with Crippen LogP contribution in [0.4, 0.5) is 0 Å². The molecule has 1 amide bonds. The van der Waals surface area contributed by atoms with E-state index < -0.39 is 5.97 Å². The van der Waals surface area contributed by atoms with Crippen molar-refractivity contribution in [2.75, 3.05) is 6.54 Å². The number of carboxylic acids is 1. The fraction of sp³-hybridized carbons (Fsp3) is 0.167. The molecule has 25 heavy (non-hydrogen) atoms. The number of hydrogen-bond acceptors (Lipinski definition) is 5. The third kappa shape index (κ3) is 4.18. The number of carbonyl (C=O) groups excluding carboxylic acids is 1. The average molecular weight is 373 g/mol. The first-order valence-electron chi connectivity index (χ1n) is 7.67. The smallest absolute Gasteiger partial charge is 0.303 e. The first-order valence-corrected chi connectivity index (χ1v) is 8.89. The highest BCUT2D eigenvalue weighted by atomic mass is 32.2. The summed E-state index contributed by atoms with van der Waals surface area (Å²) in [7, 11) is 0. The first-order chi connectivity index (χ1) is 12.0. The zero-order valence-corrected chi connectivity index (χ0v) is 14.8. The maximum Gasteiger partial charge on any atom is 0.303 e. The average Bonchev–Trinajstić information content (AvgIpc) is 3.16. The van der Waals surface area contributed by atoms with Gasteiger partial charge in [-0.1, -0.05) is 54.3 Å². The molecule has 2 heterocycles. The summed E-state index contributed by atoms with van der Waals surface area (Å²) in [5, 5.41) is 8.70. The molecule has 1 aromatic carbocycles. The summed E-state index contributed by atoms with van der Waals surface area (Å²) in [4.78, 5) is 24.9. The van der Waals surface area contributed by atoms with Crippen molar-refractivity contribution in [2.24, 2.45) is 0 Å². The highest BCUT2D eigenvalue weighted by Crippen LogP contribution is 2.33. The number of hydrogen-bond donors (Lipinski definition) is 1. The van der Waals surface area contributed by atoms with Gasteiger partial charge in [-0.05, 0) is 18.6 Å². The van der Waals surface area contributed by atoms with E-state index >= 15 is 0 Å². The number of nitrogens with zero attached hydrogens (tertiary/aromatic N) is 1. The van der Waals surface area contributed by atoms with Crippen molar-refractivity contribution in [3.63, 3.8) is 0 Å². The minimum atomic E-state index is -0.884. The van der Waals surface area contributed by atoms with Gasteiger partial charge in [-0.2, -0.15) is 0 Å². The van der Waals surface area contributed by atoms with Gasteiger partial charge in [0.25, 0.3) is 5.91 Å². The van der Waals surface area contributed by atoms with E-state index in [9.17, 15) is 9.59 Å². The minimum absolute atomic E-state index is 0.00866. The van der Waals surface area contributed by atoms with Crippen molar-refractivity contribution < 1.29 is 19.1 Å². The van der Waals surface area contributed by atoms with Crippen LogP contribution in [0.3, 0.4) is 0 Å². The Balaban J connectivity index is 1.72. The van der Waals surface area contributed by atoms with Gasteiger partial charge in [0.15, 0.2) is 0 Å². The summed E-state index contributed by atoms with van der Waals surface area (Å²) in [5.74, 6) is 0.205. The molecule has 0 unspecified atom stereocenters. The van der Waals surface area contributed by atoms with E-state index in [4.69, 9.17) is 21.7 Å². The topological polar surface area (TPSA) is 70.8 Å². The molecule has 128 valence electrons. The van der Waals surface area contributed by atoms with Crippen LogP contribution in [0.1, 0.15) is 18.6 Å². The molecular formula is C18H15NO4S2. The predicted molar refractivity (Wildman–Crippen MR) is 101 cm³/mol.